The van der Waals surface area contributed by atoms with E-state index in [-0.39, 0.29) is 0 Å². The fraction of sp³-hybridized carbons (Fsp3) is 0.214. The first-order chi connectivity index (χ1) is 9.22. The van der Waals surface area contributed by atoms with Crippen molar-refractivity contribution in [3.63, 3.8) is 0 Å². The number of ether oxygens (including phenoxy) is 1. The molecule has 0 fully saturated rings. The fourth-order valence-electron chi connectivity index (χ4n) is 1.67. The van der Waals surface area contributed by atoms with Crippen LogP contribution in [0.1, 0.15) is 6.92 Å². The maximum Gasteiger partial charge on any atom is 0.127 e. The Labute approximate surface area is 117 Å². The van der Waals surface area contributed by atoms with Crippen LogP contribution in [-0.2, 0) is 0 Å². The molecule has 1 aromatic carbocycles. The van der Waals surface area contributed by atoms with Crippen molar-refractivity contribution >= 4 is 28.8 Å². The van der Waals surface area contributed by atoms with Crippen molar-refractivity contribution in [1.29, 1.82) is 0 Å². The Balaban J connectivity index is 2.22. The largest absolute Gasteiger partial charge is 0.497 e. The van der Waals surface area contributed by atoms with Crippen LogP contribution in [-0.4, -0.2) is 18.6 Å². The van der Waals surface area contributed by atoms with E-state index >= 15 is 0 Å². The number of benzene rings is 1. The van der Waals surface area contributed by atoms with Crippen LogP contribution >= 0.6 is 11.6 Å². The molecule has 2 N–H and O–H groups in total. The molecule has 0 amide bonds. The van der Waals surface area contributed by atoms with Crippen molar-refractivity contribution in [3.05, 3.63) is 41.6 Å². The molecule has 0 aliphatic carbocycles. The smallest absolute Gasteiger partial charge is 0.127 e. The van der Waals surface area contributed by atoms with Crippen molar-refractivity contribution in [2.45, 2.75) is 6.92 Å². The summed E-state index contributed by atoms with van der Waals surface area (Å²) in [5.74, 6) is 1.58. The number of nitrogens with one attached hydrogen (secondary N) is 2. The minimum absolute atomic E-state index is 0.641. The summed E-state index contributed by atoms with van der Waals surface area (Å²) in [5, 5.41) is 7.06. The summed E-state index contributed by atoms with van der Waals surface area (Å²) in [5.41, 5.74) is 1.72. The van der Waals surface area contributed by atoms with Crippen molar-refractivity contribution in [2.24, 2.45) is 0 Å². The molecule has 2 rings (SSSR count). The predicted octanol–water partition coefficient (Wildman–Crippen LogP) is 3.92. The lowest BCUT2D eigenvalue weighted by Crippen LogP contribution is -2.00. The van der Waals surface area contributed by atoms with E-state index in [1.807, 2.05) is 31.2 Å². The summed E-state index contributed by atoms with van der Waals surface area (Å²) in [4.78, 5) is 4.22. The SMILES string of the molecule is CCNc1cc(Nc2cc(OC)ccc2Cl)ccn1. The zero-order chi connectivity index (χ0) is 13.7. The topological polar surface area (TPSA) is 46.2 Å². The number of halogens is 1. The Morgan fingerprint density at radius 2 is 2.11 bits per heavy atom. The molecule has 19 heavy (non-hydrogen) atoms. The average molecular weight is 278 g/mol. The van der Waals surface area contributed by atoms with E-state index < -0.39 is 0 Å². The molecule has 2 aromatic rings. The van der Waals surface area contributed by atoms with Crippen LogP contribution < -0.4 is 15.4 Å². The fourth-order valence-corrected chi connectivity index (χ4v) is 1.83. The highest BCUT2D eigenvalue weighted by atomic mass is 35.5. The highest BCUT2D eigenvalue weighted by Crippen LogP contribution is 2.29. The Kier molecular flexibility index (Phi) is 4.47. The number of pyridine rings is 1. The number of hydrogen-bond acceptors (Lipinski definition) is 4. The molecule has 0 atom stereocenters. The van der Waals surface area contributed by atoms with Crippen molar-refractivity contribution in [2.75, 3.05) is 24.3 Å². The third-order valence-electron chi connectivity index (χ3n) is 2.57. The van der Waals surface area contributed by atoms with Gasteiger partial charge in [0.05, 0.1) is 17.8 Å². The van der Waals surface area contributed by atoms with E-state index in [2.05, 4.69) is 15.6 Å². The normalized spacial score (nSPS) is 10.1. The van der Waals surface area contributed by atoms with Crippen LogP contribution in [0.4, 0.5) is 17.2 Å². The van der Waals surface area contributed by atoms with Gasteiger partial charge in [-0.15, -0.1) is 0 Å². The second-order valence-corrected chi connectivity index (χ2v) is 4.34. The Morgan fingerprint density at radius 3 is 2.84 bits per heavy atom. The lowest BCUT2D eigenvalue weighted by atomic mass is 10.2. The third-order valence-corrected chi connectivity index (χ3v) is 2.90. The number of methoxy groups -OCH3 is 1. The number of rotatable bonds is 5. The molecule has 0 saturated heterocycles. The summed E-state index contributed by atoms with van der Waals surface area (Å²) in [6.07, 6.45) is 1.74. The van der Waals surface area contributed by atoms with Gasteiger partial charge in [0.2, 0.25) is 0 Å². The van der Waals surface area contributed by atoms with Gasteiger partial charge in [-0.3, -0.25) is 0 Å². The molecule has 0 unspecified atom stereocenters. The minimum Gasteiger partial charge on any atom is -0.497 e. The lowest BCUT2D eigenvalue weighted by Gasteiger charge is -2.11. The zero-order valence-electron chi connectivity index (χ0n) is 10.9. The maximum atomic E-state index is 6.15. The van der Waals surface area contributed by atoms with Gasteiger partial charge in [-0.2, -0.15) is 0 Å². The van der Waals surface area contributed by atoms with Crippen LogP contribution in [0.5, 0.6) is 5.75 Å². The van der Waals surface area contributed by atoms with Gasteiger partial charge in [-0.25, -0.2) is 4.98 Å². The molecule has 0 saturated carbocycles. The zero-order valence-corrected chi connectivity index (χ0v) is 11.7. The van der Waals surface area contributed by atoms with Gasteiger partial charge in [0.25, 0.3) is 0 Å². The number of anilines is 3. The number of aromatic nitrogens is 1. The first kappa shape index (κ1) is 13.5. The molecule has 0 spiro atoms. The van der Waals surface area contributed by atoms with Crippen LogP contribution in [0.3, 0.4) is 0 Å². The molecule has 1 aromatic heterocycles. The van der Waals surface area contributed by atoms with Gasteiger partial charge in [0, 0.05) is 30.6 Å². The lowest BCUT2D eigenvalue weighted by molar-refractivity contribution is 0.415. The minimum atomic E-state index is 0.641. The highest BCUT2D eigenvalue weighted by Gasteiger charge is 2.04. The monoisotopic (exact) mass is 277 g/mol. The van der Waals surface area contributed by atoms with Crippen molar-refractivity contribution in [3.8, 4) is 5.75 Å². The van der Waals surface area contributed by atoms with Gasteiger partial charge in [0.1, 0.15) is 11.6 Å². The molecular weight excluding hydrogens is 262 g/mol. The molecule has 0 aliphatic rings. The predicted molar refractivity (Wildman–Crippen MR) is 79.7 cm³/mol. The van der Waals surface area contributed by atoms with Crippen molar-refractivity contribution in [1.82, 2.24) is 4.98 Å². The highest BCUT2D eigenvalue weighted by molar-refractivity contribution is 6.33. The first-order valence-corrected chi connectivity index (χ1v) is 6.41. The van der Waals surface area contributed by atoms with Gasteiger partial charge < -0.3 is 15.4 Å². The summed E-state index contributed by atoms with van der Waals surface area (Å²) < 4.78 is 5.19. The second kappa shape index (κ2) is 6.29. The molecule has 4 nitrogen and oxygen atoms in total. The maximum absolute atomic E-state index is 6.15. The van der Waals surface area contributed by atoms with Gasteiger partial charge in [0.15, 0.2) is 0 Å². The van der Waals surface area contributed by atoms with Crippen LogP contribution in [0.15, 0.2) is 36.5 Å². The van der Waals surface area contributed by atoms with E-state index in [1.54, 1.807) is 19.4 Å². The molecule has 5 heteroatoms. The van der Waals surface area contributed by atoms with E-state index in [1.165, 1.54) is 0 Å². The third kappa shape index (κ3) is 3.51. The van der Waals surface area contributed by atoms with E-state index in [0.717, 1.165) is 29.5 Å². The summed E-state index contributed by atoms with van der Waals surface area (Å²) in [7, 11) is 1.63. The second-order valence-electron chi connectivity index (χ2n) is 3.93. The van der Waals surface area contributed by atoms with Gasteiger partial charge in [-0.05, 0) is 25.1 Å². The molecule has 1 heterocycles. The van der Waals surface area contributed by atoms with Crippen LogP contribution in [0.25, 0.3) is 0 Å². The Hall–Kier alpha value is -1.94. The van der Waals surface area contributed by atoms with Gasteiger partial charge in [-0.1, -0.05) is 11.6 Å². The average Bonchev–Trinajstić information content (AvgIpc) is 2.42. The Morgan fingerprint density at radius 1 is 1.26 bits per heavy atom. The quantitative estimate of drug-likeness (QED) is 0.870. The molecule has 0 aliphatic heterocycles. The Bertz CT molecular complexity index is 560. The van der Waals surface area contributed by atoms with Crippen LogP contribution in [0, 0.1) is 0 Å². The number of hydrogen-bond donors (Lipinski definition) is 2. The molecule has 0 bridgehead atoms. The summed E-state index contributed by atoms with van der Waals surface area (Å²) in [6, 6.07) is 9.30. The van der Waals surface area contributed by atoms with E-state index in [0.29, 0.717) is 5.02 Å². The summed E-state index contributed by atoms with van der Waals surface area (Å²) >= 11 is 6.15. The van der Waals surface area contributed by atoms with Crippen LogP contribution in [0.2, 0.25) is 5.02 Å². The molecule has 0 radical (unpaired) electrons. The molecule has 100 valence electrons. The molecular formula is C14H16ClN3O. The first-order valence-electron chi connectivity index (χ1n) is 6.03. The van der Waals surface area contributed by atoms with Gasteiger partial charge >= 0.3 is 0 Å². The van der Waals surface area contributed by atoms with E-state index in [4.69, 9.17) is 16.3 Å². The summed E-state index contributed by atoms with van der Waals surface area (Å²) in [6.45, 7) is 2.86. The standard InChI is InChI=1S/C14H16ClN3O/c1-3-16-14-8-10(6-7-17-14)18-13-9-11(19-2)4-5-12(13)15/h4-9H,3H2,1-2H3,(H2,16,17,18). The van der Waals surface area contributed by atoms with Crippen molar-refractivity contribution < 1.29 is 4.74 Å². The number of nitrogens with zero attached hydrogens (tertiary/aromatic N) is 1. The van der Waals surface area contributed by atoms with E-state index in [9.17, 15) is 0 Å².